The van der Waals surface area contributed by atoms with Gasteiger partial charge in [-0.15, -0.1) is 0 Å². The molecule has 3 atom stereocenters. The number of aromatic nitrogens is 1. The number of aryl methyl sites for hydroxylation is 1. The molecule has 0 spiro atoms. The van der Waals surface area contributed by atoms with Crippen LogP contribution in [0.25, 0.3) is 11.1 Å². The highest BCUT2D eigenvalue weighted by molar-refractivity contribution is 6.42. The number of nitrogens with zero attached hydrogens (tertiary/aromatic N) is 3. The number of carboxylic acids is 1. The Balaban J connectivity index is 0.957. The largest absolute Gasteiger partial charge is 0.489 e. The van der Waals surface area contributed by atoms with Gasteiger partial charge < -0.3 is 29.2 Å². The molecule has 298 valence electrons. The molecule has 5 aromatic carbocycles. The smallest absolute Gasteiger partial charge is 0.326 e. The van der Waals surface area contributed by atoms with E-state index in [-0.39, 0.29) is 19.1 Å². The number of halogens is 2. The minimum absolute atomic E-state index is 0.0944. The van der Waals surface area contributed by atoms with Crippen molar-refractivity contribution in [3.8, 4) is 34.4 Å². The van der Waals surface area contributed by atoms with Crippen LogP contribution >= 0.6 is 23.2 Å². The second kappa shape index (κ2) is 17.3. The minimum atomic E-state index is -1.16. The lowest BCUT2D eigenvalue weighted by Gasteiger charge is -2.37. The van der Waals surface area contributed by atoms with E-state index in [1.807, 2.05) is 90.7 Å². The number of hydrogen-bond donors (Lipinski definition) is 2. The maximum Gasteiger partial charge on any atom is 0.326 e. The highest BCUT2D eigenvalue weighted by Crippen LogP contribution is 2.41. The van der Waals surface area contributed by atoms with Gasteiger partial charge in [-0.3, -0.25) is 9.69 Å². The van der Waals surface area contributed by atoms with Gasteiger partial charge in [-0.1, -0.05) is 83.0 Å². The SMILES string of the molecule is Cc1oncc1CN1Cc2cc3c(cc2C[C@H]1C(=O)NC(Cc1ccc(-c2ccc(C#N)cc2)cc1)C(=O)O)OC[C@H](c1ccc(OCc2ccc(Cl)c(Cl)c2)cc1)O3. The molecule has 2 aliphatic rings. The van der Waals surface area contributed by atoms with Gasteiger partial charge in [-0.05, 0) is 101 Å². The molecule has 11 nitrogen and oxygen atoms in total. The summed E-state index contributed by atoms with van der Waals surface area (Å²) in [4.78, 5) is 28.7. The zero-order chi connectivity index (χ0) is 41.0. The summed E-state index contributed by atoms with van der Waals surface area (Å²) in [7, 11) is 0. The van der Waals surface area contributed by atoms with E-state index in [9.17, 15) is 14.7 Å². The number of aliphatic carboxylic acids is 1. The number of hydrogen-bond acceptors (Lipinski definition) is 9. The van der Waals surface area contributed by atoms with E-state index in [0.29, 0.717) is 64.7 Å². The Morgan fingerprint density at radius 2 is 1.64 bits per heavy atom. The number of amides is 1. The van der Waals surface area contributed by atoms with Crippen molar-refractivity contribution in [2.24, 2.45) is 0 Å². The van der Waals surface area contributed by atoms with E-state index in [0.717, 1.165) is 44.5 Å². The highest BCUT2D eigenvalue weighted by Gasteiger charge is 2.36. The van der Waals surface area contributed by atoms with Crippen molar-refractivity contribution in [2.45, 2.75) is 57.6 Å². The quantitative estimate of drug-likeness (QED) is 0.123. The molecular formula is C46H38Cl2N4O7. The Morgan fingerprint density at radius 3 is 2.32 bits per heavy atom. The van der Waals surface area contributed by atoms with Gasteiger partial charge >= 0.3 is 5.97 Å². The maximum absolute atomic E-state index is 14.1. The van der Waals surface area contributed by atoms with Crippen molar-refractivity contribution in [3.63, 3.8) is 0 Å². The Labute approximate surface area is 350 Å². The molecule has 59 heavy (non-hydrogen) atoms. The van der Waals surface area contributed by atoms with E-state index in [4.69, 9.17) is 47.2 Å². The summed E-state index contributed by atoms with van der Waals surface area (Å²) in [5.41, 5.74) is 7.73. The van der Waals surface area contributed by atoms with Gasteiger partial charge in [-0.25, -0.2) is 4.79 Å². The van der Waals surface area contributed by atoms with Crippen molar-refractivity contribution >= 4 is 35.1 Å². The van der Waals surface area contributed by atoms with E-state index in [1.165, 1.54) is 0 Å². The molecule has 2 N–H and O–H groups in total. The number of fused-ring (bicyclic) bond motifs is 2. The molecule has 0 bridgehead atoms. The Kier molecular flexibility index (Phi) is 11.6. The highest BCUT2D eigenvalue weighted by atomic mass is 35.5. The van der Waals surface area contributed by atoms with Crippen LogP contribution in [-0.4, -0.2) is 45.7 Å². The number of nitrogens with one attached hydrogen (secondary N) is 1. The maximum atomic E-state index is 14.1. The summed E-state index contributed by atoms with van der Waals surface area (Å²) in [6.07, 6.45) is 1.69. The zero-order valence-electron chi connectivity index (χ0n) is 31.9. The minimum Gasteiger partial charge on any atom is -0.489 e. The number of nitriles is 1. The number of carbonyl (C=O) groups is 2. The standard InChI is InChI=1S/C46H38Cl2N4O7/c1-27-36(22-50-59-27)24-52-23-35-20-43-42(57-26-44(58-43)33-11-13-37(14-12-33)56-25-30-6-15-38(47)39(48)16-30)19-34(35)18-41(52)45(53)51-40(46(54)55)17-28-2-7-31(8-3-28)32-9-4-29(21-49)5-10-32/h2-16,19-20,22,40-41,44H,17-18,23-26H2,1H3,(H,51,53)(H,54,55)/t40?,41-,44+/m0/s1. The molecule has 8 rings (SSSR count). The van der Waals surface area contributed by atoms with Gasteiger partial charge in [0.15, 0.2) is 17.6 Å². The molecule has 0 saturated heterocycles. The van der Waals surface area contributed by atoms with E-state index >= 15 is 0 Å². The molecule has 3 heterocycles. The lowest BCUT2D eigenvalue weighted by atomic mass is 9.91. The van der Waals surface area contributed by atoms with Crippen LogP contribution in [0.5, 0.6) is 17.2 Å². The first-order valence-electron chi connectivity index (χ1n) is 19.0. The average Bonchev–Trinajstić information content (AvgIpc) is 3.66. The predicted octanol–water partition coefficient (Wildman–Crippen LogP) is 8.66. The molecule has 2 aliphatic heterocycles. The Bertz CT molecular complexity index is 2540. The molecule has 0 aliphatic carbocycles. The monoisotopic (exact) mass is 828 g/mol. The lowest BCUT2D eigenvalue weighted by molar-refractivity contribution is -0.142. The summed E-state index contributed by atoms with van der Waals surface area (Å²) >= 11 is 12.2. The van der Waals surface area contributed by atoms with Crippen LogP contribution in [0.1, 0.15) is 50.8 Å². The zero-order valence-corrected chi connectivity index (χ0v) is 33.4. The first-order chi connectivity index (χ1) is 28.6. The van der Waals surface area contributed by atoms with Crippen LogP contribution in [0.3, 0.4) is 0 Å². The van der Waals surface area contributed by atoms with Crippen molar-refractivity contribution in [1.29, 1.82) is 5.26 Å². The first-order valence-corrected chi connectivity index (χ1v) is 19.7. The second-order valence-electron chi connectivity index (χ2n) is 14.6. The molecule has 0 fully saturated rings. The van der Waals surface area contributed by atoms with Crippen molar-refractivity contribution in [3.05, 3.63) is 164 Å². The third kappa shape index (κ3) is 9.06. The van der Waals surface area contributed by atoms with Gasteiger partial charge in [-0.2, -0.15) is 5.26 Å². The number of carbonyl (C=O) groups excluding carboxylic acids is 1. The molecule has 0 saturated carbocycles. The summed E-state index contributed by atoms with van der Waals surface area (Å²) < 4.78 is 24.0. The van der Waals surface area contributed by atoms with E-state index < -0.39 is 24.0 Å². The second-order valence-corrected chi connectivity index (χ2v) is 15.4. The van der Waals surface area contributed by atoms with Crippen LogP contribution in [0.4, 0.5) is 0 Å². The molecular weight excluding hydrogens is 791 g/mol. The van der Waals surface area contributed by atoms with Crippen molar-refractivity contribution < 1.29 is 33.4 Å². The summed E-state index contributed by atoms with van der Waals surface area (Å²) in [6, 6.07) is 32.0. The predicted molar refractivity (Wildman–Crippen MR) is 220 cm³/mol. The first kappa shape index (κ1) is 39.5. The lowest BCUT2D eigenvalue weighted by Crippen LogP contribution is -2.54. The van der Waals surface area contributed by atoms with Gasteiger partial charge in [0.1, 0.15) is 30.8 Å². The normalized spacial score (nSPS) is 16.4. The van der Waals surface area contributed by atoms with Crippen LogP contribution < -0.4 is 19.5 Å². The fourth-order valence-electron chi connectivity index (χ4n) is 7.33. The topological polar surface area (TPSA) is 147 Å². The van der Waals surface area contributed by atoms with Gasteiger partial charge in [0.25, 0.3) is 0 Å². The van der Waals surface area contributed by atoms with E-state index in [2.05, 4.69) is 16.5 Å². The molecule has 6 aromatic rings. The third-order valence-corrected chi connectivity index (χ3v) is 11.4. The number of carboxylic acid groups (broad SMARTS) is 1. The van der Waals surface area contributed by atoms with Crippen LogP contribution in [0, 0.1) is 18.3 Å². The van der Waals surface area contributed by atoms with Gasteiger partial charge in [0, 0.05) is 25.1 Å². The molecule has 13 heteroatoms. The fourth-order valence-corrected chi connectivity index (χ4v) is 7.65. The summed E-state index contributed by atoms with van der Waals surface area (Å²) in [5, 5.41) is 27.1. The molecule has 0 radical (unpaired) electrons. The molecule has 1 amide bonds. The summed E-state index contributed by atoms with van der Waals surface area (Å²) in [6.45, 7) is 3.19. The number of rotatable bonds is 12. The fraction of sp³-hybridized carbons (Fsp3) is 0.217. The van der Waals surface area contributed by atoms with Crippen LogP contribution in [-0.2, 0) is 42.1 Å². The summed E-state index contributed by atoms with van der Waals surface area (Å²) in [5.74, 6) is 0.977. The van der Waals surface area contributed by atoms with Crippen molar-refractivity contribution in [1.82, 2.24) is 15.4 Å². The van der Waals surface area contributed by atoms with E-state index in [1.54, 1.807) is 30.5 Å². The van der Waals surface area contributed by atoms with Gasteiger partial charge in [0.2, 0.25) is 5.91 Å². The number of benzene rings is 5. The number of ether oxygens (including phenoxy) is 3. The van der Waals surface area contributed by atoms with Gasteiger partial charge in [0.05, 0.1) is 33.9 Å². The Morgan fingerprint density at radius 1 is 0.932 bits per heavy atom. The Hall–Kier alpha value is -6.32. The average molecular weight is 830 g/mol. The van der Waals surface area contributed by atoms with Crippen LogP contribution in [0.15, 0.2) is 114 Å². The molecule has 1 aromatic heterocycles. The van der Waals surface area contributed by atoms with Crippen LogP contribution in [0.2, 0.25) is 10.0 Å². The van der Waals surface area contributed by atoms with Crippen molar-refractivity contribution in [2.75, 3.05) is 6.61 Å². The molecule has 1 unspecified atom stereocenters. The third-order valence-electron chi connectivity index (χ3n) is 10.7.